The van der Waals surface area contributed by atoms with E-state index in [2.05, 4.69) is 0 Å². The van der Waals surface area contributed by atoms with E-state index in [1.54, 1.807) is 0 Å². The highest BCUT2D eigenvalue weighted by Gasteiger charge is 2.31. The average molecular weight is 248 g/mol. The highest BCUT2D eigenvalue weighted by Crippen LogP contribution is 2.26. The van der Waals surface area contributed by atoms with Gasteiger partial charge in [-0.1, -0.05) is 0 Å². The summed E-state index contributed by atoms with van der Waals surface area (Å²) in [6.45, 7) is 3.80. The van der Waals surface area contributed by atoms with Gasteiger partial charge in [0.05, 0.1) is 12.5 Å². The van der Waals surface area contributed by atoms with Gasteiger partial charge < -0.3 is 14.6 Å². The predicted molar refractivity (Wildman–Crippen MR) is 66.5 cm³/mol. The molecule has 1 aliphatic heterocycles. The van der Waals surface area contributed by atoms with Gasteiger partial charge in [0.1, 0.15) is 0 Å². The fraction of sp³-hybridized carbons (Fsp3) is 0.800. The Hall–Kier alpha value is -0.260. The van der Waals surface area contributed by atoms with E-state index < -0.39 is 0 Å². The van der Waals surface area contributed by atoms with E-state index >= 15 is 0 Å². The van der Waals surface area contributed by atoms with Gasteiger partial charge in [0.15, 0.2) is 10.1 Å². The van der Waals surface area contributed by atoms with Crippen LogP contribution in [0.1, 0.15) is 19.8 Å². The second-order valence-corrected chi connectivity index (χ2v) is 4.34. The normalized spacial score (nSPS) is 19.5. The third kappa shape index (κ3) is 3.66. The number of rotatable bonds is 4. The second kappa shape index (κ2) is 6.35. The van der Waals surface area contributed by atoms with Gasteiger partial charge in [0.25, 0.3) is 0 Å². The van der Waals surface area contributed by atoms with Crippen LogP contribution in [0.15, 0.2) is 0 Å². The van der Waals surface area contributed by atoms with E-state index in [0.29, 0.717) is 24.9 Å². The SMILES string of the molecule is CCOC(=S)C(C(O)=S)C1CCOCC1. The van der Waals surface area contributed by atoms with Gasteiger partial charge in [-0.3, -0.25) is 0 Å². The summed E-state index contributed by atoms with van der Waals surface area (Å²) >= 11 is 9.96. The molecule has 0 amide bonds. The first-order valence-electron chi connectivity index (χ1n) is 5.14. The maximum atomic E-state index is 9.48. The van der Waals surface area contributed by atoms with Crippen molar-refractivity contribution in [1.29, 1.82) is 0 Å². The van der Waals surface area contributed by atoms with E-state index in [9.17, 15) is 5.11 Å². The molecule has 1 atom stereocenters. The zero-order chi connectivity index (χ0) is 11.3. The van der Waals surface area contributed by atoms with Crippen molar-refractivity contribution in [3.05, 3.63) is 0 Å². The first kappa shape index (κ1) is 12.8. The number of aliphatic hydroxyl groups is 1. The van der Waals surface area contributed by atoms with Crippen molar-refractivity contribution in [3.63, 3.8) is 0 Å². The van der Waals surface area contributed by atoms with Gasteiger partial charge >= 0.3 is 0 Å². The van der Waals surface area contributed by atoms with Crippen molar-refractivity contribution in [2.75, 3.05) is 19.8 Å². The van der Waals surface area contributed by atoms with Crippen LogP contribution in [0, 0.1) is 11.8 Å². The van der Waals surface area contributed by atoms with Gasteiger partial charge in [-0.05, 0) is 50.1 Å². The summed E-state index contributed by atoms with van der Waals surface area (Å²) in [6, 6.07) is 0. The van der Waals surface area contributed by atoms with Gasteiger partial charge in [0.2, 0.25) is 0 Å². The van der Waals surface area contributed by atoms with Gasteiger partial charge in [-0.25, -0.2) is 0 Å². The summed E-state index contributed by atoms with van der Waals surface area (Å²) in [5.41, 5.74) is 0. The highest BCUT2D eigenvalue weighted by molar-refractivity contribution is 7.81. The summed E-state index contributed by atoms with van der Waals surface area (Å²) in [5, 5.41) is 9.84. The zero-order valence-corrected chi connectivity index (χ0v) is 10.4. The molecule has 1 saturated heterocycles. The standard InChI is InChI=1S/C10H16O3S2/c1-2-13-10(15)8(9(11)14)7-3-5-12-6-4-7/h7-8H,2-6H2,1H3,(H,11,14). The van der Waals surface area contributed by atoms with E-state index in [1.807, 2.05) is 6.92 Å². The maximum absolute atomic E-state index is 9.48. The summed E-state index contributed by atoms with van der Waals surface area (Å²) < 4.78 is 10.5. The van der Waals surface area contributed by atoms with Crippen LogP contribution in [0.2, 0.25) is 0 Å². The Morgan fingerprint density at radius 3 is 2.53 bits per heavy atom. The van der Waals surface area contributed by atoms with Crippen LogP contribution in [-0.2, 0) is 9.47 Å². The van der Waals surface area contributed by atoms with Gasteiger partial charge in [0, 0.05) is 13.2 Å². The first-order valence-corrected chi connectivity index (χ1v) is 5.95. The molecule has 1 aliphatic rings. The van der Waals surface area contributed by atoms with Crippen molar-refractivity contribution in [2.24, 2.45) is 11.8 Å². The number of ether oxygens (including phenoxy) is 2. The fourth-order valence-electron chi connectivity index (χ4n) is 1.78. The van der Waals surface area contributed by atoms with Crippen molar-refractivity contribution < 1.29 is 14.6 Å². The molecule has 1 rings (SSSR count). The summed E-state index contributed by atoms with van der Waals surface area (Å²) in [5.74, 6) is -0.0332. The lowest BCUT2D eigenvalue weighted by Gasteiger charge is -2.28. The Kier molecular flexibility index (Phi) is 5.42. The first-order chi connectivity index (χ1) is 7.16. The van der Waals surface area contributed by atoms with Crippen LogP contribution in [0.4, 0.5) is 0 Å². The van der Waals surface area contributed by atoms with E-state index in [1.165, 1.54) is 0 Å². The van der Waals surface area contributed by atoms with Crippen LogP contribution in [0.25, 0.3) is 0 Å². The Bertz CT molecular complexity index is 237. The molecule has 0 spiro atoms. The summed E-state index contributed by atoms with van der Waals surface area (Å²) in [6.07, 6.45) is 1.75. The topological polar surface area (TPSA) is 38.7 Å². The Labute approximate surface area is 101 Å². The lowest BCUT2D eigenvalue weighted by molar-refractivity contribution is 0.0596. The van der Waals surface area contributed by atoms with Crippen LogP contribution in [0.5, 0.6) is 0 Å². The van der Waals surface area contributed by atoms with Gasteiger partial charge in [-0.2, -0.15) is 0 Å². The minimum atomic E-state index is -0.293. The summed E-state index contributed by atoms with van der Waals surface area (Å²) in [7, 11) is 0. The van der Waals surface area contributed by atoms with Crippen LogP contribution < -0.4 is 0 Å². The minimum Gasteiger partial charge on any atom is -0.501 e. The van der Waals surface area contributed by atoms with E-state index in [0.717, 1.165) is 12.8 Å². The van der Waals surface area contributed by atoms with Crippen molar-refractivity contribution in [1.82, 2.24) is 0 Å². The van der Waals surface area contributed by atoms with E-state index in [4.69, 9.17) is 33.9 Å². The molecule has 0 bridgehead atoms. The molecule has 1 heterocycles. The molecular weight excluding hydrogens is 232 g/mol. The monoisotopic (exact) mass is 248 g/mol. The Balaban J connectivity index is 2.63. The molecule has 3 nitrogen and oxygen atoms in total. The Morgan fingerprint density at radius 2 is 2.07 bits per heavy atom. The summed E-state index contributed by atoms with van der Waals surface area (Å²) in [4.78, 5) is 0. The maximum Gasteiger partial charge on any atom is 0.171 e. The highest BCUT2D eigenvalue weighted by atomic mass is 32.1. The third-order valence-electron chi connectivity index (χ3n) is 2.54. The molecule has 1 N–H and O–H groups in total. The molecule has 0 aromatic carbocycles. The molecule has 0 radical (unpaired) electrons. The lowest BCUT2D eigenvalue weighted by atomic mass is 9.87. The molecule has 86 valence electrons. The second-order valence-electron chi connectivity index (χ2n) is 3.52. The van der Waals surface area contributed by atoms with Crippen molar-refractivity contribution in [3.8, 4) is 0 Å². The van der Waals surface area contributed by atoms with Crippen LogP contribution >= 0.6 is 24.4 Å². The van der Waals surface area contributed by atoms with Crippen molar-refractivity contribution >= 4 is 34.5 Å². The smallest absolute Gasteiger partial charge is 0.171 e. The third-order valence-corrected chi connectivity index (χ3v) is 3.17. The molecular formula is C10H16O3S2. The number of aliphatic hydroxyl groups excluding tert-OH is 1. The molecule has 0 aromatic heterocycles. The molecule has 0 aromatic rings. The number of hydrogen-bond donors (Lipinski definition) is 1. The quantitative estimate of drug-likeness (QED) is 0.773. The molecule has 0 saturated carbocycles. The Morgan fingerprint density at radius 1 is 1.47 bits per heavy atom. The fourth-order valence-corrected chi connectivity index (χ4v) is 2.57. The molecule has 0 aliphatic carbocycles. The molecule has 15 heavy (non-hydrogen) atoms. The van der Waals surface area contributed by atoms with E-state index in [-0.39, 0.29) is 16.9 Å². The molecule has 1 fully saturated rings. The zero-order valence-electron chi connectivity index (χ0n) is 8.77. The lowest BCUT2D eigenvalue weighted by Crippen LogP contribution is -2.34. The largest absolute Gasteiger partial charge is 0.501 e. The van der Waals surface area contributed by atoms with Gasteiger partial charge in [-0.15, -0.1) is 0 Å². The average Bonchev–Trinajstić information content (AvgIpc) is 2.19. The van der Waals surface area contributed by atoms with Crippen LogP contribution in [0.3, 0.4) is 0 Å². The minimum absolute atomic E-state index is 0.0552. The predicted octanol–water partition coefficient (Wildman–Crippen LogP) is 2.28. The number of thiocarbonyl (C=S) groups is 2. The van der Waals surface area contributed by atoms with Crippen LogP contribution in [-0.4, -0.2) is 35.0 Å². The molecule has 5 heteroatoms. The number of hydrogen-bond acceptors (Lipinski definition) is 4. The van der Waals surface area contributed by atoms with Crippen molar-refractivity contribution in [2.45, 2.75) is 19.8 Å². The molecule has 1 unspecified atom stereocenters.